The molecular formula is C22H24FN3O. The van der Waals surface area contributed by atoms with Crippen molar-refractivity contribution in [3.63, 3.8) is 0 Å². The number of halogens is 1. The number of hydrogen-bond acceptors (Lipinski definition) is 2. The fraction of sp³-hybridized carbons (Fsp3) is 0.318. The zero-order valence-corrected chi connectivity index (χ0v) is 15.2. The lowest BCUT2D eigenvalue weighted by Gasteiger charge is -2.21. The molecule has 0 saturated heterocycles. The molecule has 140 valence electrons. The van der Waals surface area contributed by atoms with Gasteiger partial charge in [0, 0.05) is 41.8 Å². The van der Waals surface area contributed by atoms with E-state index in [9.17, 15) is 9.18 Å². The first-order valence-corrected chi connectivity index (χ1v) is 9.50. The second-order valence-electron chi connectivity index (χ2n) is 7.19. The molecule has 2 aromatic carbocycles. The smallest absolute Gasteiger partial charge is 0.234 e. The number of fused-ring (bicyclic) bond motifs is 1. The number of carbonyl (C=O) groups is 1. The van der Waals surface area contributed by atoms with Crippen molar-refractivity contribution in [2.24, 2.45) is 0 Å². The molecule has 1 amide bonds. The molecule has 0 radical (unpaired) electrons. The van der Waals surface area contributed by atoms with Gasteiger partial charge in [0.2, 0.25) is 5.91 Å². The minimum atomic E-state index is -0.206. The van der Waals surface area contributed by atoms with E-state index in [-0.39, 0.29) is 11.7 Å². The van der Waals surface area contributed by atoms with Crippen molar-refractivity contribution in [3.8, 4) is 0 Å². The summed E-state index contributed by atoms with van der Waals surface area (Å²) in [4.78, 5) is 17.7. The Kier molecular flexibility index (Phi) is 5.21. The van der Waals surface area contributed by atoms with Crippen LogP contribution in [0, 0.1) is 5.82 Å². The van der Waals surface area contributed by atoms with E-state index in [1.165, 1.54) is 17.0 Å². The third-order valence-electron chi connectivity index (χ3n) is 5.13. The van der Waals surface area contributed by atoms with Crippen LogP contribution in [0.5, 0.6) is 0 Å². The van der Waals surface area contributed by atoms with Gasteiger partial charge in [-0.2, -0.15) is 0 Å². The summed E-state index contributed by atoms with van der Waals surface area (Å²) in [6, 6.07) is 15.4. The average Bonchev–Trinajstić information content (AvgIpc) is 3.44. The maximum Gasteiger partial charge on any atom is 0.234 e. The fourth-order valence-corrected chi connectivity index (χ4v) is 3.51. The number of H-pyrrole nitrogens is 1. The Hall–Kier alpha value is -2.66. The van der Waals surface area contributed by atoms with Gasteiger partial charge >= 0.3 is 0 Å². The van der Waals surface area contributed by atoms with Crippen molar-refractivity contribution < 1.29 is 9.18 Å². The Labute approximate surface area is 158 Å². The lowest BCUT2D eigenvalue weighted by molar-refractivity contribution is -0.122. The Balaban J connectivity index is 1.30. The molecule has 0 unspecified atom stereocenters. The average molecular weight is 365 g/mol. The minimum Gasteiger partial charge on any atom is -0.361 e. The number of aromatic amines is 1. The molecule has 5 heteroatoms. The van der Waals surface area contributed by atoms with E-state index in [0.717, 1.165) is 24.8 Å². The summed E-state index contributed by atoms with van der Waals surface area (Å²) in [6.45, 7) is 1.39. The van der Waals surface area contributed by atoms with Crippen LogP contribution >= 0.6 is 0 Å². The predicted octanol–water partition coefficient (Wildman–Crippen LogP) is 3.63. The van der Waals surface area contributed by atoms with Gasteiger partial charge in [0.25, 0.3) is 0 Å². The van der Waals surface area contributed by atoms with Gasteiger partial charge in [-0.05, 0) is 37.0 Å². The number of amides is 1. The highest BCUT2D eigenvalue weighted by atomic mass is 19.1. The highest BCUT2D eigenvalue weighted by molar-refractivity contribution is 5.83. The van der Waals surface area contributed by atoms with Crippen LogP contribution in [-0.4, -0.2) is 34.9 Å². The van der Waals surface area contributed by atoms with Gasteiger partial charge in [0.1, 0.15) is 5.82 Å². The fourth-order valence-electron chi connectivity index (χ4n) is 3.51. The van der Waals surface area contributed by atoms with Crippen molar-refractivity contribution >= 4 is 16.8 Å². The predicted molar refractivity (Wildman–Crippen MR) is 105 cm³/mol. The first-order valence-electron chi connectivity index (χ1n) is 9.50. The van der Waals surface area contributed by atoms with Crippen molar-refractivity contribution in [2.45, 2.75) is 31.8 Å². The summed E-state index contributed by atoms with van der Waals surface area (Å²) in [5.74, 6) is -0.207. The maximum atomic E-state index is 13.9. The largest absolute Gasteiger partial charge is 0.361 e. The van der Waals surface area contributed by atoms with E-state index in [0.29, 0.717) is 31.2 Å². The van der Waals surface area contributed by atoms with Crippen LogP contribution in [0.15, 0.2) is 54.7 Å². The number of nitrogens with one attached hydrogen (secondary N) is 2. The first kappa shape index (κ1) is 17.7. The Morgan fingerprint density at radius 2 is 1.89 bits per heavy atom. The summed E-state index contributed by atoms with van der Waals surface area (Å²) < 4.78 is 13.9. The normalized spacial score (nSPS) is 14.0. The zero-order chi connectivity index (χ0) is 18.6. The van der Waals surface area contributed by atoms with Crippen LogP contribution in [0.4, 0.5) is 4.39 Å². The summed E-state index contributed by atoms with van der Waals surface area (Å²) in [5.41, 5.74) is 2.97. The Bertz CT molecular complexity index is 932. The molecule has 1 saturated carbocycles. The Morgan fingerprint density at radius 3 is 2.70 bits per heavy atom. The topological polar surface area (TPSA) is 48.1 Å². The van der Waals surface area contributed by atoms with Crippen molar-refractivity contribution in [2.75, 3.05) is 13.1 Å². The highest BCUT2D eigenvalue weighted by Crippen LogP contribution is 2.28. The van der Waals surface area contributed by atoms with E-state index >= 15 is 0 Å². The lowest BCUT2D eigenvalue weighted by atomic mass is 10.1. The third-order valence-corrected chi connectivity index (χ3v) is 5.13. The van der Waals surface area contributed by atoms with Crippen LogP contribution in [0.3, 0.4) is 0 Å². The van der Waals surface area contributed by atoms with Gasteiger partial charge < -0.3 is 10.3 Å². The number of rotatable bonds is 8. The van der Waals surface area contributed by atoms with Crippen LogP contribution in [-0.2, 0) is 17.8 Å². The number of nitrogens with zero attached hydrogens (tertiary/aromatic N) is 1. The molecule has 1 aliphatic carbocycles. The van der Waals surface area contributed by atoms with Crippen LogP contribution in [0.2, 0.25) is 0 Å². The SMILES string of the molecule is O=C(CN(Cc1ccccc1F)C1CC1)NCCc1c[nH]c2ccccc12. The standard InChI is InChI=1S/C22H24FN3O/c23-20-7-3-1-5-17(20)14-26(18-9-10-18)15-22(27)24-12-11-16-13-25-21-8-4-2-6-19(16)21/h1-8,13,18,25H,9-12,14-15H2,(H,24,27). The van der Waals surface area contributed by atoms with E-state index < -0.39 is 0 Å². The van der Waals surface area contributed by atoms with Gasteiger partial charge in [-0.15, -0.1) is 0 Å². The molecule has 0 spiro atoms. The molecule has 2 N–H and O–H groups in total. The second-order valence-corrected chi connectivity index (χ2v) is 7.19. The van der Waals surface area contributed by atoms with E-state index in [1.54, 1.807) is 12.1 Å². The van der Waals surface area contributed by atoms with Crippen molar-refractivity contribution in [3.05, 3.63) is 71.7 Å². The number of benzene rings is 2. The molecule has 0 bridgehead atoms. The molecule has 1 aromatic heterocycles. The molecule has 3 aromatic rings. The summed E-state index contributed by atoms with van der Waals surface area (Å²) in [6.07, 6.45) is 4.95. The Morgan fingerprint density at radius 1 is 1.11 bits per heavy atom. The molecule has 1 aliphatic rings. The third kappa shape index (κ3) is 4.37. The summed E-state index contributed by atoms with van der Waals surface area (Å²) >= 11 is 0. The zero-order valence-electron chi connectivity index (χ0n) is 15.2. The van der Waals surface area contributed by atoms with Crippen LogP contribution in [0.25, 0.3) is 10.9 Å². The molecule has 1 fully saturated rings. The van der Waals surface area contributed by atoms with Crippen molar-refractivity contribution in [1.29, 1.82) is 0 Å². The van der Waals surface area contributed by atoms with Crippen molar-refractivity contribution in [1.82, 2.24) is 15.2 Å². The first-order chi connectivity index (χ1) is 13.2. The lowest BCUT2D eigenvalue weighted by Crippen LogP contribution is -2.39. The molecule has 4 rings (SSSR count). The molecule has 1 heterocycles. The van der Waals surface area contributed by atoms with Gasteiger partial charge in [0.15, 0.2) is 0 Å². The summed E-state index contributed by atoms with van der Waals surface area (Å²) in [7, 11) is 0. The monoisotopic (exact) mass is 365 g/mol. The number of aromatic nitrogens is 1. The van der Waals surface area contributed by atoms with Gasteiger partial charge in [0.05, 0.1) is 6.54 Å². The van der Waals surface area contributed by atoms with Crippen LogP contribution in [0.1, 0.15) is 24.0 Å². The minimum absolute atomic E-state index is 0.00178. The molecule has 4 nitrogen and oxygen atoms in total. The van der Waals surface area contributed by atoms with E-state index in [4.69, 9.17) is 0 Å². The molecule has 27 heavy (non-hydrogen) atoms. The van der Waals surface area contributed by atoms with Gasteiger partial charge in [-0.25, -0.2) is 4.39 Å². The van der Waals surface area contributed by atoms with Gasteiger partial charge in [-0.1, -0.05) is 36.4 Å². The van der Waals surface area contributed by atoms with Gasteiger partial charge in [-0.3, -0.25) is 9.69 Å². The van der Waals surface area contributed by atoms with E-state index in [2.05, 4.69) is 21.3 Å². The molecule has 0 atom stereocenters. The number of carbonyl (C=O) groups excluding carboxylic acids is 1. The maximum absolute atomic E-state index is 13.9. The number of para-hydroxylation sites is 1. The van der Waals surface area contributed by atoms with E-state index in [1.807, 2.05) is 30.5 Å². The highest BCUT2D eigenvalue weighted by Gasteiger charge is 2.30. The number of hydrogen-bond donors (Lipinski definition) is 2. The molecular weight excluding hydrogens is 341 g/mol. The summed E-state index contributed by atoms with van der Waals surface area (Å²) in [5, 5.41) is 4.21. The second kappa shape index (κ2) is 7.92. The van der Waals surface area contributed by atoms with Crippen LogP contribution < -0.4 is 5.32 Å². The quantitative estimate of drug-likeness (QED) is 0.640. The molecule has 0 aliphatic heterocycles.